The molecule has 0 unspecified atom stereocenters. The van der Waals surface area contributed by atoms with Crippen molar-refractivity contribution in [2.75, 3.05) is 0 Å². The summed E-state index contributed by atoms with van der Waals surface area (Å²) in [5.74, 6) is -1.95. The molecule has 57 heavy (non-hydrogen) atoms. The van der Waals surface area contributed by atoms with Crippen LogP contribution in [0, 0.1) is 11.6 Å². The number of aromatic nitrogens is 4. The summed E-state index contributed by atoms with van der Waals surface area (Å²) < 4.78 is 79.2. The number of primary sulfonamides is 1. The maximum Gasteiger partial charge on any atom is 0.307 e. The number of amides is 1. The van der Waals surface area contributed by atoms with Crippen molar-refractivity contribution in [1.29, 1.82) is 0 Å². The molecule has 0 atom stereocenters. The molecule has 1 amide bonds. The molecule has 0 radical (unpaired) electrons. The van der Waals surface area contributed by atoms with E-state index in [2.05, 4.69) is 14.9 Å². The van der Waals surface area contributed by atoms with Gasteiger partial charge in [0, 0.05) is 24.5 Å². The Morgan fingerprint density at radius 3 is 1.26 bits per heavy atom. The smallest absolute Gasteiger partial charge is 0.307 e. The van der Waals surface area contributed by atoms with Crippen molar-refractivity contribution in [2.45, 2.75) is 142 Å². The number of halogens is 2. The van der Waals surface area contributed by atoms with Gasteiger partial charge in [0.1, 0.15) is 11.6 Å². The standard InChI is InChI=1S/C20H28FN3O3S.C14H19FO2.C6H11N3O2S/c1-12(2)16-9-15(21)10-17(13(3)4)18(16)11-19(25)23-28(26,27)20-7-8-24(22-20)14(5)6;1-8(2)11-5-10(15)6-12(9(3)4)13(11)7-14(16)17;1-5(2)9-4-3-6(8-9)12(7,10)11/h7-10,12-14H,11H2,1-6H3,(H,23,25);5-6,8-9H,7H2,1-4H3,(H,16,17);3-5H,1-2H3,(H2,7,10,11). The summed E-state index contributed by atoms with van der Waals surface area (Å²) in [6.45, 7) is 23.0. The molecule has 4 rings (SSSR count). The first kappa shape index (κ1) is 48.7. The summed E-state index contributed by atoms with van der Waals surface area (Å²) in [5.41, 5.74) is 4.46. The monoisotopic (exact) mass is 836 g/mol. The van der Waals surface area contributed by atoms with Crippen LogP contribution in [0.15, 0.2) is 58.8 Å². The number of hydrogen-bond donors (Lipinski definition) is 3. The van der Waals surface area contributed by atoms with E-state index in [9.17, 15) is 35.2 Å². The van der Waals surface area contributed by atoms with E-state index in [0.717, 1.165) is 16.7 Å². The summed E-state index contributed by atoms with van der Waals surface area (Å²) >= 11 is 0. The lowest BCUT2D eigenvalue weighted by Gasteiger charge is -2.19. The molecule has 13 nitrogen and oxygen atoms in total. The molecular formula is C40H58F2N6O7S2. The van der Waals surface area contributed by atoms with Crippen LogP contribution < -0.4 is 9.86 Å². The largest absolute Gasteiger partial charge is 0.481 e. The molecule has 2 aromatic carbocycles. The number of rotatable bonds is 13. The van der Waals surface area contributed by atoms with Gasteiger partial charge in [-0.05, 0) is 121 Å². The number of aliphatic carboxylic acids is 1. The van der Waals surface area contributed by atoms with Gasteiger partial charge in [-0.15, -0.1) is 0 Å². The van der Waals surface area contributed by atoms with Gasteiger partial charge in [-0.25, -0.2) is 27.1 Å². The minimum atomic E-state index is -4.07. The van der Waals surface area contributed by atoms with Crippen LogP contribution in [0.4, 0.5) is 8.78 Å². The summed E-state index contributed by atoms with van der Waals surface area (Å²) in [6.07, 6.45) is 2.95. The van der Waals surface area contributed by atoms with Crippen LogP contribution in [-0.4, -0.2) is 53.4 Å². The van der Waals surface area contributed by atoms with Gasteiger partial charge in [-0.2, -0.15) is 18.6 Å². The molecule has 316 valence electrons. The quantitative estimate of drug-likeness (QED) is 0.121. The van der Waals surface area contributed by atoms with Crippen LogP contribution >= 0.6 is 0 Å². The summed E-state index contributed by atoms with van der Waals surface area (Å²) in [4.78, 5) is 23.5. The van der Waals surface area contributed by atoms with Gasteiger partial charge in [-0.3, -0.25) is 19.0 Å². The van der Waals surface area contributed by atoms with Crippen LogP contribution in [0.25, 0.3) is 0 Å². The highest BCUT2D eigenvalue weighted by atomic mass is 32.2. The number of carboxylic acids is 1. The van der Waals surface area contributed by atoms with E-state index in [1.807, 2.05) is 83.1 Å². The van der Waals surface area contributed by atoms with Gasteiger partial charge in [0.25, 0.3) is 20.0 Å². The summed E-state index contributed by atoms with van der Waals surface area (Å²) in [7, 11) is -7.72. The van der Waals surface area contributed by atoms with E-state index in [0.29, 0.717) is 16.7 Å². The second kappa shape index (κ2) is 20.3. The van der Waals surface area contributed by atoms with E-state index >= 15 is 0 Å². The molecule has 2 heterocycles. The van der Waals surface area contributed by atoms with E-state index in [-0.39, 0.29) is 70.3 Å². The van der Waals surface area contributed by atoms with E-state index in [1.165, 1.54) is 41.1 Å². The lowest BCUT2D eigenvalue weighted by Crippen LogP contribution is -2.32. The molecule has 0 fully saturated rings. The zero-order chi connectivity index (χ0) is 43.7. The Hall–Kier alpha value is -4.48. The number of benzene rings is 2. The maximum atomic E-state index is 14.0. The Kier molecular flexibility index (Phi) is 17.3. The summed E-state index contributed by atoms with van der Waals surface area (Å²) in [6, 6.07) is 8.61. The molecule has 0 spiro atoms. The molecule has 0 bridgehead atoms. The Labute approximate surface area is 336 Å². The number of carboxylic acid groups (broad SMARTS) is 1. The Morgan fingerprint density at radius 1 is 0.649 bits per heavy atom. The van der Waals surface area contributed by atoms with Crippen LogP contribution in [0.3, 0.4) is 0 Å². The number of hydrogen-bond acceptors (Lipinski definition) is 8. The van der Waals surface area contributed by atoms with E-state index in [1.54, 1.807) is 17.1 Å². The fraction of sp³-hybridized carbons (Fsp3) is 0.500. The number of nitrogens with zero attached hydrogens (tertiary/aromatic N) is 4. The zero-order valence-corrected chi connectivity index (χ0v) is 36.5. The van der Waals surface area contributed by atoms with Crippen LogP contribution in [0.2, 0.25) is 0 Å². The highest BCUT2D eigenvalue weighted by Gasteiger charge is 2.24. The topological polar surface area (TPSA) is 196 Å². The lowest BCUT2D eigenvalue weighted by molar-refractivity contribution is -0.136. The third-order valence-electron chi connectivity index (χ3n) is 8.76. The Balaban J connectivity index is 0.000000327. The second-order valence-electron chi connectivity index (χ2n) is 15.5. The van der Waals surface area contributed by atoms with Gasteiger partial charge >= 0.3 is 5.97 Å². The van der Waals surface area contributed by atoms with Crippen molar-refractivity contribution in [1.82, 2.24) is 24.3 Å². The highest BCUT2D eigenvalue weighted by molar-refractivity contribution is 7.90. The SMILES string of the molecule is CC(C)c1cc(F)cc(C(C)C)c1CC(=O)NS(=O)(=O)c1ccn(C(C)C)n1.CC(C)c1cc(F)cc(C(C)C)c1CC(=O)O.CC(C)n1ccc(S(N)(=O)=O)n1. The number of nitrogens with two attached hydrogens (primary N) is 1. The van der Waals surface area contributed by atoms with Crippen molar-refractivity contribution in [3.8, 4) is 0 Å². The minimum absolute atomic E-state index is 0.000988. The van der Waals surface area contributed by atoms with Gasteiger partial charge < -0.3 is 5.11 Å². The first-order valence-corrected chi connectivity index (χ1v) is 21.7. The van der Waals surface area contributed by atoms with Crippen molar-refractivity contribution >= 4 is 31.9 Å². The van der Waals surface area contributed by atoms with Crippen molar-refractivity contribution < 1.29 is 40.3 Å². The Morgan fingerprint density at radius 2 is 0.982 bits per heavy atom. The van der Waals surface area contributed by atoms with Gasteiger partial charge in [0.15, 0.2) is 10.1 Å². The first-order valence-electron chi connectivity index (χ1n) is 18.7. The number of carbonyl (C=O) groups excluding carboxylic acids is 1. The van der Waals surface area contributed by atoms with E-state index < -0.39 is 31.9 Å². The molecule has 0 aliphatic heterocycles. The van der Waals surface area contributed by atoms with Gasteiger partial charge in [0.05, 0.1) is 12.8 Å². The molecule has 0 aliphatic rings. The molecule has 4 aromatic rings. The third kappa shape index (κ3) is 14.1. The van der Waals surface area contributed by atoms with Crippen LogP contribution in [0.1, 0.15) is 152 Å². The van der Waals surface area contributed by atoms with Crippen molar-refractivity contribution in [3.05, 3.63) is 93.8 Å². The highest BCUT2D eigenvalue weighted by Crippen LogP contribution is 2.31. The van der Waals surface area contributed by atoms with Crippen LogP contribution in [-0.2, 0) is 42.5 Å². The molecule has 0 saturated carbocycles. The first-order chi connectivity index (χ1) is 26.2. The average molecular weight is 837 g/mol. The number of carbonyl (C=O) groups is 2. The summed E-state index contributed by atoms with van der Waals surface area (Å²) in [5, 5.41) is 21.3. The molecule has 17 heteroatoms. The van der Waals surface area contributed by atoms with Gasteiger partial charge in [-0.1, -0.05) is 55.4 Å². The van der Waals surface area contributed by atoms with Crippen molar-refractivity contribution in [3.63, 3.8) is 0 Å². The average Bonchev–Trinajstić information content (AvgIpc) is 3.78. The fourth-order valence-corrected chi connectivity index (χ4v) is 7.27. The molecule has 0 aliphatic carbocycles. The maximum absolute atomic E-state index is 14.0. The van der Waals surface area contributed by atoms with Crippen molar-refractivity contribution in [2.24, 2.45) is 5.14 Å². The van der Waals surface area contributed by atoms with E-state index in [4.69, 9.17) is 10.2 Å². The number of nitrogens with one attached hydrogen (secondary N) is 1. The lowest BCUT2D eigenvalue weighted by atomic mass is 9.87. The third-order valence-corrected chi connectivity index (χ3v) is 10.8. The minimum Gasteiger partial charge on any atom is -0.481 e. The normalized spacial score (nSPS) is 11.9. The van der Waals surface area contributed by atoms with Gasteiger partial charge in [0.2, 0.25) is 5.91 Å². The zero-order valence-electron chi connectivity index (χ0n) is 34.8. The number of sulfonamides is 2. The fourth-order valence-electron chi connectivity index (χ4n) is 5.89. The predicted octanol–water partition coefficient (Wildman–Crippen LogP) is 7.71. The molecular weight excluding hydrogens is 779 g/mol. The molecule has 0 saturated heterocycles. The predicted molar refractivity (Wildman–Crippen MR) is 216 cm³/mol. The second-order valence-corrected chi connectivity index (χ2v) is 18.7. The Bertz CT molecular complexity index is 2170. The molecule has 2 aromatic heterocycles. The molecule has 4 N–H and O–H groups in total. The van der Waals surface area contributed by atoms with Crippen LogP contribution in [0.5, 0.6) is 0 Å².